The third kappa shape index (κ3) is 10.3. The first kappa shape index (κ1) is 35.9. The van der Waals surface area contributed by atoms with Crippen molar-refractivity contribution in [3.05, 3.63) is 52.2 Å². The number of thiophene rings is 1. The van der Waals surface area contributed by atoms with E-state index in [9.17, 15) is 19.2 Å². The number of esters is 1. The summed E-state index contributed by atoms with van der Waals surface area (Å²) in [6, 6.07) is 9.97. The molecule has 1 aliphatic carbocycles. The van der Waals surface area contributed by atoms with E-state index in [1.807, 2.05) is 37.3 Å². The predicted molar refractivity (Wildman–Crippen MR) is 178 cm³/mol. The molecule has 0 bridgehead atoms. The van der Waals surface area contributed by atoms with Crippen LogP contribution in [0.1, 0.15) is 81.7 Å². The number of amides is 3. The zero-order valence-corrected chi connectivity index (χ0v) is 28.1. The molecule has 1 aromatic heterocycles. The largest absolute Gasteiger partial charge is 0.494 e. The molecule has 47 heavy (non-hydrogen) atoms. The molecule has 1 aromatic carbocycles. The molecular weight excluding hydrogens is 622 g/mol. The molecule has 2 heterocycles. The van der Waals surface area contributed by atoms with Gasteiger partial charge in [0, 0.05) is 46.7 Å². The normalized spacial score (nSPS) is 20.2. The second-order valence-electron chi connectivity index (χ2n) is 12.2. The summed E-state index contributed by atoms with van der Waals surface area (Å²) in [5.74, 6) is -0.306. The number of hydrogen-bond donors (Lipinski definition) is 4. The predicted octanol–water partition coefficient (Wildman–Crippen LogP) is 3.68. The van der Waals surface area contributed by atoms with Gasteiger partial charge in [-0.1, -0.05) is 24.6 Å². The zero-order valence-electron chi connectivity index (χ0n) is 27.3. The van der Waals surface area contributed by atoms with E-state index < -0.39 is 6.04 Å². The van der Waals surface area contributed by atoms with Crippen molar-refractivity contribution in [2.24, 2.45) is 11.1 Å². The molecule has 1 saturated carbocycles. The Morgan fingerprint density at radius 2 is 1.87 bits per heavy atom. The highest BCUT2D eigenvalue weighted by Crippen LogP contribution is 2.59. The summed E-state index contributed by atoms with van der Waals surface area (Å²) < 4.78 is 16.6. The van der Waals surface area contributed by atoms with E-state index in [0.717, 1.165) is 36.3 Å². The number of nitrogen functional groups attached to an aromatic ring is 1. The summed E-state index contributed by atoms with van der Waals surface area (Å²) >= 11 is 1.41. The van der Waals surface area contributed by atoms with E-state index in [4.69, 9.17) is 25.4 Å². The van der Waals surface area contributed by atoms with Crippen LogP contribution in [0.2, 0.25) is 0 Å². The van der Waals surface area contributed by atoms with Crippen molar-refractivity contribution >= 4 is 40.9 Å². The minimum Gasteiger partial charge on any atom is -0.494 e. The van der Waals surface area contributed by atoms with Crippen LogP contribution >= 0.6 is 11.3 Å². The van der Waals surface area contributed by atoms with Crippen molar-refractivity contribution in [1.29, 1.82) is 5.41 Å². The molecule has 0 radical (unpaired) electrons. The number of hydrogen-bond acceptors (Lipinski definition) is 9. The standard InChI is InChI=1S/C34H47N5O7S/c1-3-45-31(42)14-8-5-9-15-44-22-34-18-26(33(43)38-23(2)27-17-24(21-47-27)32(35)36)39(28(34)19-34)30(41)20-37-29(40)13-10-16-46-25-11-6-4-7-12-25/h4,6-7,11-12,17,21,23,26,28H,3,5,8-10,13-16,18-20,22H2,1-2H3,(H3,35,36)(H,37,40)(H,38,43)/t23-,26+,28+,34-/m1/s1. The van der Waals surface area contributed by atoms with Gasteiger partial charge < -0.3 is 35.5 Å². The average Bonchev–Trinajstić information content (AvgIpc) is 3.36. The van der Waals surface area contributed by atoms with Crippen LogP contribution in [0, 0.1) is 10.8 Å². The molecule has 256 valence electrons. The highest BCUT2D eigenvalue weighted by molar-refractivity contribution is 7.10. The minimum absolute atomic E-state index is 0.0367. The number of piperidine rings is 1. The van der Waals surface area contributed by atoms with Gasteiger partial charge in [-0.2, -0.15) is 0 Å². The number of nitrogens with one attached hydrogen (secondary N) is 3. The molecule has 2 aliphatic rings. The molecule has 2 aromatic rings. The maximum Gasteiger partial charge on any atom is 0.305 e. The minimum atomic E-state index is -0.694. The molecular formula is C34H47N5O7S. The highest BCUT2D eigenvalue weighted by atomic mass is 32.1. The smallest absolute Gasteiger partial charge is 0.305 e. The number of benzene rings is 1. The van der Waals surface area contributed by atoms with Gasteiger partial charge in [0.2, 0.25) is 17.7 Å². The Morgan fingerprint density at radius 3 is 2.60 bits per heavy atom. The van der Waals surface area contributed by atoms with Crippen molar-refractivity contribution in [1.82, 2.24) is 15.5 Å². The third-order valence-corrected chi connectivity index (χ3v) is 9.70. The fourth-order valence-electron chi connectivity index (χ4n) is 5.97. The first-order chi connectivity index (χ1) is 22.6. The van der Waals surface area contributed by atoms with Crippen molar-refractivity contribution in [3.63, 3.8) is 0 Å². The molecule has 0 spiro atoms. The van der Waals surface area contributed by atoms with Crippen LogP contribution in [-0.2, 0) is 28.7 Å². The monoisotopic (exact) mass is 669 g/mol. The lowest BCUT2D eigenvalue weighted by Crippen LogP contribution is -2.51. The number of amidine groups is 1. The Balaban J connectivity index is 1.29. The summed E-state index contributed by atoms with van der Waals surface area (Å²) in [7, 11) is 0. The Hall–Kier alpha value is -3.97. The van der Waals surface area contributed by atoms with E-state index in [0.29, 0.717) is 51.3 Å². The number of fused-ring (bicyclic) bond motifs is 1. The van der Waals surface area contributed by atoms with Gasteiger partial charge in [0.15, 0.2) is 0 Å². The van der Waals surface area contributed by atoms with Crippen LogP contribution in [0.4, 0.5) is 0 Å². The number of nitrogens with two attached hydrogens (primary N) is 1. The van der Waals surface area contributed by atoms with Gasteiger partial charge in [-0.3, -0.25) is 24.6 Å². The summed E-state index contributed by atoms with van der Waals surface area (Å²) in [5.41, 5.74) is 5.90. The molecule has 5 N–H and O–H groups in total. The van der Waals surface area contributed by atoms with Crippen LogP contribution in [-0.4, -0.2) is 79.5 Å². The zero-order chi connectivity index (χ0) is 33.8. The van der Waals surface area contributed by atoms with Crippen LogP contribution in [0.3, 0.4) is 0 Å². The number of rotatable bonds is 20. The lowest BCUT2D eigenvalue weighted by molar-refractivity contribution is -0.143. The number of carbonyl (C=O) groups is 4. The SMILES string of the molecule is CCOC(=O)CCCCCOC[C@@]12C[C@@H]1N(C(=O)CNC(=O)CCCOc1ccccc1)[C@H](C(=O)N[C@H](C)c1cc(C(=N)N)cs1)C2. The van der Waals surface area contributed by atoms with Crippen molar-refractivity contribution in [2.45, 2.75) is 83.3 Å². The van der Waals surface area contributed by atoms with Crippen LogP contribution in [0.15, 0.2) is 41.8 Å². The van der Waals surface area contributed by atoms with E-state index >= 15 is 0 Å². The molecule has 12 nitrogen and oxygen atoms in total. The van der Waals surface area contributed by atoms with E-state index in [1.54, 1.807) is 23.3 Å². The molecule has 1 aliphatic heterocycles. The van der Waals surface area contributed by atoms with Gasteiger partial charge in [0.1, 0.15) is 17.6 Å². The van der Waals surface area contributed by atoms with Crippen molar-refractivity contribution in [3.8, 4) is 5.75 Å². The van der Waals surface area contributed by atoms with Gasteiger partial charge in [0.05, 0.1) is 32.4 Å². The molecule has 0 unspecified atom stereocenters. The first-order valence-corrected chi connectivity index (χ1v) is 17.2. The Labute approximate surface area is 280 Å². The lowest BCUT2D eigenvalue weighted by atomic mass is 10.00. The second-order valence-corrected chi connectivity index (χ2v) is 13.1. The molecule has 4 rings (SSSR count). The van der Waals surface area contributed by atoms with Gasteiger partial charge >= 0.3 is 5.97 Å². The summed E-state index contributed by atoms with van der Waals surface area (Å²) in [5, 5.41) is 15.2. The third-order valence-electron chi connectivity index (χ3n) is 8.59. The Bertz CT molecular complexity index is 1390. The van der Waals surface area contributed by atoms with Crippen molar-refractivity contribution in [2.75, 3.05) is 33.0 Å². The van der Waals surface area contributed by atoms with Crippen LogP contribution in [0.25, 0.3) is 0 Å². The Kier molecular flexibility index (Phi) is 13.2. The van der Waals surface area contributed by atoms with Crippen LogP contribution < -0.4 is 21.1 Å². The topological polar surface area (TPSA) is 173 Å². The van der Waals surface area contributed by atoms with Gasteiger partial charge in [-0.25, -0.2) is 0 Å². The second kappa shape index (κ2) is 17.3. The average molecular weight is 670 g/mol. The maximum absolute atomic E-state index is 13.6. The quantitative estimate of drug-likeness (QED) is 0.0715. The van der Waals surface area contributed by atoms with E-state index in [1.165, 1.54) is 11.3 Å². The summed E-state index contributed by atoms with van der Waals surface area (Å²) in [4.78, 5) is 53.7. The van der Waals surface area contributed by atoms with Gasteiger partial charge in [-0.15, -0.1) is 11.3 Å². The molecule has 3 amide bonds. The fourth-order valence-corrected chi connectivity index (χ4v) is 6.89. The highest BCUT2D eigenvalue weighted by Gasteiger charge is 2.67. The first-order valence-electron chi connectivity index (χ1n) is 16.4. The van der Waals surface area contributed by atoms with E-state index in [2.05, 4.69) is 10.6 Å². The maximum atomic E-state index is 13.6. The number of carbonyl (C=O) groups excluding carboxylic acids is 4. The summed E-state index contributed by atoms with van der Waals surface area (Å²) in [6.07, 6.45) is 4.70. The lowest BCUT2D eigenvalue weighted by Gasteiger charge is -2.28. The Morgan fingerprint density at radius 1 is 1.09 bits per heavy atom. The van der Waals surface area contributed by atoms with E-state index in [-0.39, 0.29) is 60.0 Å². The number of unbranched alkanes of at least 4 members (excludes halogenated alkanes) is 2. The summed E-state index contributed by atoms with van der Waals surface area (Å²) in [6.45, 7) is 5.18. The van der Waals surface area contributed by atoms with Crippen molar-refractivity contribution < 1.29 is 33.4 Å². The fraction of sp³-hybridized carbons (Fsp3) is 0.559. The van der Waals surface area contributed by atoms with Crippen LogP contribution in [0.5, 0.6) is 5.75 Å². The number of ether oxygens (including phenoxy) is 3. The number of para-hydroxylation sites is 1. The number of likely N-dealkylation sites (tertiary alicyclic amines) is 1. The molecule has 4 atom stereocenters. The molecule has 2 fully saturated rings. The molecule has 13 heteroatoms. The van der Waals surface area contributed by atoms with Gasteiger partial charge in [0.25, 0.3) is 0 Å². The molecule has 1 saturated heterocycles. The van der Waals surface area contributed by atoms with Gasteiger partial charge in [-0.05, 0) is 64.2 Å². The number of nitrogens with zero attached hydrogens (tertiary/aromatic N) is 1.